The predicted molar refractivity (Wildman–Crippen MR) is 57.7 cm³/mol. The van der Waals surface area contributed by atoms with Crippen molar-refractivity contribution in [2.75, 3.05) is 6.54 Å². The lowest BCUT2D eigenvalue weighted by molar-refractivity contribution is 0.509. The summed E-state index contributed by atoms with van der Waals surface area (Å²) in [7, 11) is 0. The molecule has 1 atom stereocenters. The summed E-state index contributed by atoms with van der Waals surface area (Å²) in [5.41, 5.74) is 0. The van der Waals surface area contributed by atoms with Crippen LogP contribution in [-0.4, -0.2) is 22.1 Å². The Labute approximate surface area is 90.7 Å². The number of nitrogens with one attached hydrogen (secondary N) is 1. The van der Waals surface area contributed by atoms with Gasteiger partial charge in [-0.05, 0) is 19.4 Å². The van der Waals surface area contributed by atoms with Gasteiger partial charge in [-0.1, -0.05) is 0 Å². The average Bonchev–Trinajstić information content (AvgIpc) is 2.60. The zero-order valence-corrected chi connectivity index (χ0v) is 8.98. The third-order valence-corrected chi connectivity index (χ3v) is 2.15. The summed E-state index contributed by atoms with van der Waals surface area (Å²) in [5.74, 6) is 0. The fraction of sp³-hybridized carbons (Fsp3) is 0.625. The maximum absolute atomic E-state index is 4.00. The smallest absolute Gasteiger partial charge is 0.0946 e. The van der Waals surface area contributed by atoms with Crippen molar-refractivity contribution < 1.29 is 0 Å². The summed E-state index contributed by atoms with van der Waals surface area (Å²) in [6.45, 7) is 2.25. The average molecular weight is 224 g/mol. The lowest BCUT2D eigenvalue weighted by Crippen LogP contribution is -2.26. The van der Waals surface area contributed by atoms with E-state index < -0.39 is 0 Å². The Morgan fingerprint density at radius 1 is 1.46 bits per heavy atom. The minimum atomic E-state index is 0. The maximum Gasteiger partial charge on any atom is 0.0946 e. The van der Waals surface area contributed by atoms with Crippen molar-refractivity contribution in [3.8, 4) is 0 Å². The largest absolute Gasteiger partial charge is 0.336 e. The van der Waals surface area contributed by atoms with Crippen molar-refractivity contribution in [1.29, 1.82) is 0 Å². The van der Waals surface area contributed by atoms with Gasteiger partial charge in [-0.15, -0.1) is 24.8 Å². The quantitative estimate of drug-likeness (QED) is 0.824. The summed E-state index contributed by atoms with van der Waals surface area (Å²) in [6, 6.07) is 0.671. The fourth-order valence-corrected chi connectivity index (χ4v) is 1.56. The highest BCUT2D eigenvalue weighted by atomic mass is 35.5. The Hall–Kier alpha value is -0.250. The summed E-state index contributed by atoms with van der Waals surface area (Å²) < 4.78 is 2.13. The molecule has 0 radical (unpaired) electrons. The van der Waals surface area contributed by atoms with E-state index in [9.17, 15) is 0 Å². The molecule has 2 rings (SSSR count). The third-order valence-electron chi connectivity index (χ3n) is 2.15. The van der Waals surface area contributed by atoms with Gasteiger partial charge in [-0.3, -0.25) is 0 Å². The molecule has 0 amide bonds. The molecule has 1 aliphatic heterocycles. The second-order valence-corrected chi connectivity index (χ2v) is 3.05. The lowest BCUT2D eigenvalue weighted by atomic mass is 10.2. The van der Waals surface area contributed by atoms with Gasteiger partial charge >= 0.3 is 0 Å². The van der Waals surface area contributed by atoms with Gasteiger partial charge in [-0.2, -0.15) is 0 Å². The molecule has 0 saturated carbocycles. The Kier molecular flexibility index (Phi) is 6.12. The summed E-state index contributed by atoms with van der Waals surface area (Å²) in [4.78, 5) is 4.00. The Morgan fingerprint density at radius 3 is 2.85 bits per heavy atom. The van der Waals surface area contributed by atoms with Crippen LogP contribution in [0.15, 0.2) is 18.7 Å². The zero-order chi connectivity index (χ0) is 7.52. The molecule has 5 heteroatoms. The first-order valence-electron chi connectivity index (χ1n) is 4.14. The second kappa shape index (κ2) is 6.24. The molecule has 0 aromatic carbocycles. The van der Waals surface area contributed by atoms with Crippen molar-refractivity contribution in [2.24, 2.45) is 0 Å². The number of nitrogens with zero attached hydrogens (tertiary/aromatic N) is 2. The molecule has 3 nitrogen and oxygen atoms in total. The SMILES string of the molecule is Cl.Cl.c1cn(C[C@H]2CCCN2)cn1. The first-order chi connectivity index (χ1) is 5.45. The van der Waals surface area contributed by atoms with E-state index in [4.69, 9.17) is 0 Å². The normalized spacial score (nSPS) is 20.5. The fourth-order valence-electron chi connectivity index (χ4n) is 1.56. The van der Waals surface area contributed by atoms with Crippen LogP contribution in [0.2, 0.25) is 0 Å². The molecule has 0 bridgehead atoms. The van der Waals surface area contributed by atoms with Crippen LogP contribution < -0.4 is 5.32 Å². The molecule has 13 heavy (non-hydrogen) atoms. The molecule has 1 aliphatic rings. The zero-order valence-electron chi connectivity index (χ0n) is 7.35. The predicted octanol–water partition coefficient (Wildman–Crippen LogP) is 1.48. The number of aromatic nitrogens is 2. The van der Waals surface area contributed by atoms with Crippen LogP contribution in [0.1, 0.15) is 12.8 Å². The van der Waals surface area contributed by atoms with Gasteiger partial charge in [0.1, 0.15) is 0 Å². The number of hydrogen-bond donors (Lipinski definition) is 1. The lowest BCUT2D eigenvalue weighted by Gasteiger charge is -2.09. The van der Waals surface area contributed by atoms with Crippen LogP contribution in [-0.2, 0) is 6.54 Å². The molecule has 0 aliphatic carbocycles. The van der Waals surface area contributed by atoms with E-state index in [0.29, 0.717) is 6.04 Å². The molecule has 1 N–H and O–H groups in total. The van der Waals surface area contributed by atoms with Crippen LogP contribution in [0.3, 0.4) is 0 Å². The van der Waals surface area contributed by atoms with Crippen molar-refractivity contribution >= 4 is 24.8 Å². The standard InChI is InChI=1S/C8H13N3.2ClH/c1-2-8(10-3-1)6-11-5-4-9-7-11;;/h4-5,7-8,10H,1-3,6H2;2*1H/t8-;;/m1../s1. The number of imidazole rings is 1. The highest BCUT2D eigenvalue weighted by Crippen LogP contribution is 2.06. The van der Waals surface area contributed by atoms with E-state index in [0.717, 1.165) is 6.54 Å². The van der Waals surface area contributed by atoms with Crippen molar-refractivity contribution in [1.82, 2.24) is 14.9 Å². The van der Waals surface area contributed by atoms with Crippen LogP contribution >= 0.6 is 24.8 Å². The summed E-state index contributed by atoms with van der Waals surface area (Å²) in [5, 5.41) is 3.45. The van der Waals surface area contributed by atoms with Gasteiger partial charge in [0.25, 0.3) is 0 Å². The molecule has 1 aromatic heterocycles. The molecule has 2 heterocycles. The Bertz CT molecular complexity index is 207. The van der Waals surface area contributed by atoms with Crippen molar-refractivity contribution in [3.63, 3.8) is 0 Å². The molecule has 1 fully saturated rings. The summed E-state index contributed by atoms with van der Waals surface area (Å²) >= 11 is 0. The maximum atomic E-state index is 4.00. The highest BCUT2D eigenvalue weighted by molar-refractivity contribution is 5.85. The topological polar surface area (TPSA) is 29.9 Å². The van der Waals surface area contributed by atoms with Crippen LogP contribution in [0.25, 0.3) is 0 Å². The van der Waals surface area contributed by atoms with E-state index in [1.54, 1.807) is 0 Å². The monoisotopic (exact) mass is 223 g/mol. The molecular weight excluding hydrogens is 209 g/mol. The minimum absolute atomic E-state index is 0. The third kappa shape index (κ3) is 3.55. The van der Waals surface area contributed by atoms with Crippen LogP contribution in [0, 0.1) is 0 Å². The minimum Gasteiger partial charge on any atom is -0.336 e. The molecule has 0 unspecified atom stereocenters. The molecular formula is C8H15Cl2N3. The van der Waals surface area contributed by atoms with Gasteiger partial charge in [0.2, 0.25) is 0 Å². The highest BCUT2D eigenvalue weighted by Gasteiger charge is 2.13. The van der Waals surface area contributed by atoms with E-state index in [2.05, 4.69) is 14.9 Å². The molecule has 1 saturated heterocycles. The number of halogens is 2. The van der Waals surface area contributed by atoms with Gasteiger partial charge < -0.3 is 9.88 Å². The van der Waals surface area contributed by atoms with Gasteiger partial charge in [0.05, 0.1) is 6.33 Å². The van der Waals surface area contributed by atoms with Crippen molar-refractivity contribution in [3.05, 3.63) is 18.7 Å². The molecule has 0 spiro atoms. The van der Waals surface area contributed by atoms with E-state index in [-0.39, 0.29) is 24.8 Å². The van der Waals surface area contributed by atoms with Gasteiger partial charge in [0, 0.05) is 25.0 Å². The van der Waals surface area contributed by atoms with E-state index in [1.165, 1.54) is 19.4 Å². The molecule has 76 valence electrons. The number of rotatable bonds is 2. The van der Waals surface area contributed by atoms with Gasteiger partial charge in [0.15, 0.2) is 0 Å². The van der Waals surface area contributed by atoms with Gasteiger partial charge in [-0.25, -0.2) is 4.98 Å². The van der Waals surface area contributed by atoms with E-state index in [1.807, 2.05) is 18.7 Å². The first kappa shape index (κ1) is 12.8. The Morgan fingerprint density at radius 2 is 2.31 bits per heavy atom. The van der Waals surface area contributed by atoms with E-state index >= 15 is 0 Å². The molecule has 1 aromatic rings. The first-order valence-corrected chi connectivity index (χ1v) is 4.14. The summed E-state index contributed by atoms with van der Waals surface area (Å²) in [6.07, 6.45) is 8.34. The Balaban J connectivity index is 0.000000720. The number of hydrogen-bond acceptors (Lipinski definition) is 2. The van der Waals surface area contributed by atoms with Crippen molar-refractivity contribution in [2.45, 2.75) is 25.4 Å². The van der Waals surface area contributed by atoms with Crippen LogP contribution in [0.4, 0.5) is 0 Å². The second-order valence-electron chi connectivity index (χ2n) is 3.05. The van der Waals surface area contributed by atoms with Crippen LogP contribution in [0.5, 0.6) is 0 Å².